The van der Waals surface area contributed by atoms with Gasteiger partial charge in [-0.2, -0.15) is 13.2 Å². The third-order valence-electron chi connectivity index (χ3n) is 5.26. The molecule has 1 fully saturated rings. The molecule has 2 aromatic carbocycles. The van der Waals surface area contributed by atoms with Crippen molar-refractivity contribution in [2.24, 2.45) is 0 Å². The third kappa shape index (κ3) is 5.14. The van der Waals surface area contributed by atoms with Gasteiger partial charge in [0, 0.05) is 13.1 Å². The number of carboxylic acids is 1. The van der Waals surface area contributed by atoms with Gasteiger partial charge in [-0.25, -0.2) is 17.6 Å². The van der Waals surface area contributed by atoms with Gasteiger partial charge in [-0.3, -0.25) is 4.72 Å². The van der Waals surface area contributed by atoms with Gasteiger partial charge >= 0.3 is 12.1 Å². The van der Waals surface area contributed by atoms with E-state index in [2.05, 4.69) is 4.72 Å². The average molecular weight is 474 g/mol. The molecule has 0 aliphatic carbocycles. The van der Waals surface area contributed by atoms with Crippen molar-refractivity contribution in [2.75, 3.05) is 22.7 Å². The van der Waals surface area contributed by atoms with Crippen molar-refractivity contribution in [3.8, 4) is 0 Å². The van der Waals surface area contributed by atoms with Gasteiger partial charge in [0.2, 0.25) is 0 Å². The zero-order chi connectivity index (χ0) is 23.7. The Bertz CT molecular complexity index is 1120. The Morgan fingerprint density at radius 1 is 1.22 bits per heavy atom. The van der Waals surface area contributed by atoms with Gasteiger partial charge in [0.15, 0.2) is 0 Å². The van der Waals surface area contributed by atoms with Gasteiger partial charge in [0.1, 0.15) is 6.17 Å². The summed E-state index contributed by atoms with van der Waals surface area (Å²) in [4.78, 5) is 12.5. The lowest BCUT2D eigenvalue weighted by Gasteiger charge is -2.32. The van der Waals surface area contributed by atoms with E-state index in [1.807, 2.05) is 0 Å². The number of nitrogens with one attached hydrogen (secondary N) is 1. The van der Waals surface area contributed by atoms with E-state index in [1.165, 1.54) is 17.0 Å². The number of hydrogen-bond acceptors (Lipinski definition) is 4. The van der Waals surface area contributed by atoms with E-state index in [-0.39, 0.29) is 34.8 Å². The second-order valence-electron chi connectivity index (χ2n) is 7.50. The number of carboxylic acid groups (broad SMARTS) is 1. The van der Waals surface area contributed by atoms with Crippen LogP contribution in [0.25, 0.3) is 0 Å². The monoisotopic (exact) mass is 474 g/mol. The summed E-state index contributed by atoms with van der Waals surface area (Å²) in [7, 11) is -4.45. The Hall–Kier alpha value is -2.82. The number of halogens is 4. The maximum Gasteiger partial charge on any atom is 0.416 e. The second kappa shape index (κ2) is 8.97. The highest BCUT2D eigenvalue weighted by atomic mass is 32.2. The Morgan fingerprint density at radius 3 is 2.53 bits per heavy atom. The van der Waals surface area contributed by atoms with Crippen molar-refractivity contribution in [1.82, 2.24) is 0 Å². The lowest BCUT2D eigenvalue weighted by molar-refractivity contribution is -0.137. The normalized spacial score (nSPS) is 17.3. The standard InChI is InChI=1S/C21H22F4N2O4S/c1-2-13-5-6-14(20(28)29)10-19(13)32(30,31)26-17-11-15(21(23,24)25)7-8-18(17)27-9-3-4-16(22)12-27/h5-8,10-11,16,26H,2-4,9,12H2,1H3,(H,28,29)/t16-/m1/s1. The fourth-order valence-corrected chi connectivity index (χ4v) is 5.05. The van der Waals surface area contributed by atoms with Gasteiger partial charge in [-0.1, -0.05) is 13.0 Å². The number of carbonyl (C=O) groups is 1. The average Bonchev–Trinajstić information content (AvgIpc) is 2.72. The predicted molar refractivity (Wildman–Crippen MR) is 111 cm³/mol. The molecule has 1 atom stereocenters. The zero-order valence-corrected chi connectivity index (χ0v) is 17.9. The van der Waals surface area contributed by atoms with Crippen molar-refractivity contribution < 1.29 is 35.9 Å². The van der Waals surface area contributed by atoms with Crippen LogP contribution in [0.5, 0.6) is 0 Å². The van der Waals surface area contributed by atoms with Crippen LogP contribution >= 0.6 is 0 Å². The molecule has 2 aromatic rings. The molecular weight excluding hydrogens is 452 g/mol. The Balaban J connectivity index is 2.10. The number of aryl methyl sites for hydroxylation is 1. The number of anilines is 2. The topological polar surface area (TPSA) is 86.7 Å². The highest BCUT2D eigenvalue weighted by molar-refractivity contribution is 7.92. The summed E-state index contributed by atoms with van der Waals surface area (Å²) in [5.74, 6) is -1.34. The van der Waals surface area contributed by atoms with Gasteiger partial charge < -0.3 is 10.0 Å². The molecule has 1 saturated heterocycles. The molecule has 0 spiro atoms. The molecule has 0 saturated carbocycles. The van der Waals surface area contributed by atoms with Crippen LogP contribution < -0.4 is 9.62 Å². The van der Waals surface area contributed by atoms with E-state index in [9.17, 15) is 35.9 Å². The van der Waals surface area contributed by atoms with E-state index in [4.69, 9.17) is 0 Å². The molecule has 3 rings (SSSR count). The number of sulfonamides is 1. The third-order valence-corrected chi connectivity index (χ3v) is 6.71. The first kappa shape index (κ1) is 23.8. The molecule has 2 N–H and O–H groups in total. The number of rotatable bonds is 6. The van der Waals surface area contributed by atoms with Crippen LogP contribution in [0.3, 0.4) is 0 Å². The molecule has 1 aliphatic rings. The predicted octanol–water partition coefficient (Wildman–Crippen LogP) is 4.71. The van der Waals surface area contributed by atoms with Gasteiger partial charge in [0.05, 0.1) is 27.4 Å². The number of piperidine rings is 1. The molecule has 1 aliphatic heterocycles. The van der Waals surface area contributed by atoms with Crippen molar-refractivity contribution in [3.05, 3.63) is 53.1 Å². The van der Waals surface area contributed by atoms with Crippen LogP contribution in [-0.4, -0.2) is 38.8 Å². The Kier molecular flexibility index (Phi) is 6.68. The first-order valence-electron chi connectivity index (χ1n) is 9.91. The SMILES string of the molecule is CCc1ccc(C(=O)O)cc1S(=O)(=O)Nc1cc(C(F)(F)F)ccc1N1CCC[C@@H](F)C1. The fraction of sp³-hybridized carbons (Fsp3) is 0.381. The molecule has 6 nitrogen and oxygen atoms in total. The molecule has 11 heteroatoms. The number of benzene rings is 2. The minimum absolute atomic E-state index is 0.0746. The second-order valence-corrected chi connectivity index (χ2v) is 9.15. The summed E-state index contributed by atoms with van der Waals surface area (Å²) in [6.45, 7) is 1.95. The number of alkyl halides is 4. The van der Waals surface area contributed by atoms with Crippen LogP contribution in [0.4, 0.5) is 28.9 Å². The molecule has 0 unspecified atom stereocenters. The maximum absolute atomic E-state index is 13.9. The van der Waals surface area contributed by atoms with Crippen molar-refractivity contribution in [3.63, 3.8) is 0 Å². The summed E-state index contributed by atoms with van der Waals surface area (Å²) in [6, 6.07) is 6.18. The van der Waals surface area contributed by atoms with E-state index in [0.29, 0.717) is 31.0 Å². The quantitative estimate of drug-likeness (QED) is 0.593. The lowest BCUT2D eigenvalue weighted by atomic mass is 10.1. The Labute approximate surface area is 182 Å². The molecule has 174 valence electrons. The van der Waals surface area contributed by atoms with Gasteiger partial charge in [-0.05, 0) is 55.2 Å². The molecule has 1 heterocycles. The number of hydrogen-bond donors (Lipinski definition) is 2. The molecule has 0 aromatic heterocycles. The minimum atomic E-state index is -4.72. The minimum Gasteiger partial charge on any atom is -0.478 e. The first-order valence-corrected chi connectivity index (χ1v) is 11.4. The van der Waals surface area contributed by atoms with E-state index in [0.717, 1.165) is 18.2 Å². The summed E-state index contributed by atoms with van der Waals surface area (Å²) in [5.41, 5.74) is -1.27. The Morgan fingerprint density at radius 2 is 1.94 bits per heavy atom. The van der Waals surface area contributed by atoms with E-state index >= 15 is 0 Å². The largest absolute Gasteiger partial charge is 0.478 e. The highest BCUT2D eigenvalue weighted by Crippen LogP contribution is 2.37. The summed E-state index contributed by atoms with van der Waals surface area (Å²) < 4.78 is 82.3. The smallest absolute Gasteiger partial charge is 0.416 e. The number of nitrogens with zero attached hydrogens (tertiary/aromatic N) is 1. The van der Waals surface area contributed by atoms with Crippen LogP contribution in [-0.2, 0) is 22.6 Å². The van der Waals surface area contributed by atoms with Crippen LogP contribution in [0.2, 0.25) is 0 Å². The van der Waals surface area contributed by atoms with Crippen LogP contribution in [0.15, 0.2) is 41.3 Å². The summed E-state index contributed by atoms with van der Waals surface area (Å²) in [5, 5.41) is 9.21. The van der Waals surface area contributed by atoms with Crippen LogP contribution in [0.1, 0.15) is 41.3 Å². The fourth-order valence-electron chi connectivity index (χ4n) is 3.64. The summed E-state index contributed by atoms with van der Waals surface area (Å²) >= 11 is 0. The maximum atomic E-state index is 13.9. The van der Waals surface area contributed by atoms with Crippen molar-refractivity contribution in [2.45, 2.75) is 43.4 Å². The van der Waals surface area contributed by atoms with E-state index < -0.39 is 33.9 Å². The zero-order valence-electron chi connectivity index (χ0n) is 17.1. The molecule has 0 bridgehead atoms. The molecule has 0 amide bonds. The number of aromatic carboxylic acids is 1. The molecule has 32 heavy (non-hydrogen) atoms. The van der Waals surface area contributed by atoms with Gasteiger partial charge in [-0.15, -0.1) is 0 Å². The van der Waals surface area contributed by atoms with Crippen molar-refractivity contribution >= 4 is 27.4 Å². The van der Waals surface area contributed by atoms with Gasteiger partial charge in [0.25, 0.3) is 10.0 Å². The van der Waals surface area contributed by atoms with Crippen LogP contribution in [0, 0.1) is 0 Å². The van der Waals surface area contributed by atoms with Crippen molar-refractivity contribution in [1.29, 1.82) is 0 Å². The summed E-state index contributed by atoms with van der Waals surface area (Å²) in [6.07, 6.45) is -4.87. The first-order chi connectivity index (χ1) is 14.9. The van der Waals surface area contributed by atoms with E-state index in [1.54, 1.807) is 6.92 Å². The lowest BCUT2D eigenvalue weighted by Crippen LogP contribution is -2.37. The molecule has 0 radical (unpaired) electrons. The molecular formula is C21H22F4N2O4S. The highest BCUT2D eigenvalue weighted by Gasteiger charge is 2.33.